The summed E-state index contributed by atoms with van der Waals surface area (Å²) in [5, 5.41) is 8.49. The zero-order valence-corrected chi connectivity index (χ0v) is 6.96. The fraction of sp³-hybridized carbons (Fsp3) is 0.222. The molecule has 1 aromatic heterocycles. The molecule has 1 rings (SSSR count). The predicted octanol–water partition coefficient (Wildman–Crippen LogP) is 1.46. The van der Waals surface area contributed by atoms with Gasteiger partial charge >= 0.3 is 0 Å². The summed E-state index contributed by atoms with van der Waals surface area (Å²) >= 11 is 0. The molecule has 1 heterocycles. The summed E-state index contributed by atoms with van der Waals surface area (Å²) in [7, 11) is 0. The predicted molar refractivity (Wildman–Crippen MR) is 43.7 cm³/mol. The third kappa shape index (κ3) is 1.48. The number of rotatable bonds is 1. The van der Waals surface area contributed by atoms with Gasteiger partial charge < -0.3 is 0 Å². The number of nitriles is 1. The molecule has 0 amide bonds. The van der Waals surface area contributed by atoms with E-state index in [1.807, 2.05) is 6.07 Å². The molecule has 0 radical (unpaired) electrons. The van der Waals surface area contributed by atoms with Gasteiger partial charge in [0.25, 0.3) is 0 Å². The van der Waals surface area contributed by atoms with Crippen LogP contribution in [0.3, 0.4) is 0 Å². The van der Waals surface area contributed by atoms with Crippen LogP contribution in [0.25, 0.3) is 0 Å². The van der Waals surface area contributed by atoms with Crippen LogP contribution in [0.15, 0.2) is 12.3 Å². The standard InChI is InChI=1S/C9H8N2O/c1-6-3-8(4-10)11-5-9(6)7(2)12/h3,5H,1-2H3. The fourth-order valence-corrected chi connectivity index (χ4v) is 0.986. The van der Waals surface area contributed by atoms with Gasteiger partial charge in [0, 0.05) is 11.8 Å². The number of pyridine rings is 1. The van der Waals surface area contributed by atoms with Gasteiger partial charge in [0.2, 0.25) is 0 Å². The third-order valence-electron chi connectivity index (χ3n) is 1.60. The van der Waals surface area contributed by atoms with Crippen molar-refractivity contribution in [2.24, 2.45) is 0 Å². The largest absolute Gasteiger partial charge is 0.294 e. The monoisotopic (exact) mass is 160 g/mol. The highest BCUT2D eigenvalue weighted by molar-refractivity contribution is 5.95. The zero-order valence-electron chi connectivity index (χ0n) is 6.96. The maximum atomic E-state index is 10.9. The van der Waals surface area contributed by atoms with Gasteiger partial charge in [-0.25, -0.2) is 4.98 Å². The Morgan fingerprint density at radius 2 is 2.33 bits per heavy atom. The van der Waals surface area contributed by atoms with Crippen molar-refractivity contribution in [1.82, 2.24) is 4.98 Å². The maximum absolute atomic E-state index is 10.9. The Bertz CT molecular complexity index is 363. The normalized spacial score (nSPS) is 9.08. The molecule has 0 fully saturated rings. The van der Waals surface area contributed by atoms with E-state index in [1.165, 1.54) is 13.1 Å². The number of Topliss-reactive ketones (excluding diaryl/α,β-unsaturated/α-hetero) is 1. The Balaban J connectivity index is 3.23. The molecule has 60 valence electrons. The molecular weight excluding hydrogens is 152 g/mol. The first-order valence-electron chi connectivity index (χ1n) is 3.53. The van der Waals surface area contributed by atoms with E-state index in [0.717, 1.165) is 5.56 Å². The van der Waals surface area contributed by atoms with E-state index in [9.17, 15) is 4.79 Å². The second-order valence-corrected chi connectivity index (χ2v) is 2.55. The molecule has 0 aromatic carbocycles. The van der Waals surface area contributed by atoms with Gasteiger partial charge in [0.1, 0.15) is 11.8 Å². The Kier molecular flexibility index (Phi) is 2.20. The lowest BCUT2D eigenvalue weighted by Crippen LogP contribution is -1.98. The van der Waals surface area contributed by atoms with Gasteiger partial charge in [-0.1, -0.05) is 0 Å². The average Bonchev–Trinajstić information content (AvgIpc) is 2.03. The van der Waals surface area contributed by atoms with Gasteiger partial charge in [-0.3, -0.25) is 4.79 Å². The summed E-state index contributed by atoms with van der Waals surface area (Å²) in [5.74, 6) is -0.0236. The van der Waals surface area contributed by atoms with Crippen LogP contribution in [0.5, 0.6) is 0 Å². The molecule has 0 bridgehead atoms. The number of hydrogen-bond donors (Lipinski definition) is 0. The number of aromatic nitrogens is 1. The zero-order chi connectivity index (χ0) is 9.14. The molecule has 0 aliphatic rings. The van der Waals surface area contributed by atoms with Crippen LogP contribution in [0.4, 0.5) is 0 Å². The number of aryl methyl sites for hydroxylation is 1. The molecule has 0 aliphatic carbocycles. The highest BCUT2D eigenvalue weighted by Crippen LogP contribution is 2.07. The average molecular weight is 160 g/mol. The molecule has 0 N–H and O–H groups in total. The Morgan fingerprint density at radius 3 is 2.75 bits per heavy atom. The maximum Gasteiger partial charge on any atom is 0.161 e. The molecule has 0 saturated carbocycles. The first-order chi connectivity index (χ1) is 5.65. The first kappa shape index (κ1) is 8.41. The molecule has 1 aromatic rings. The molecule has 12 heavy (non-hydrogen) atoms. The topological polar surface area (TPSA) is 53.8 Å². The highest BCUT2D eigenvalue weighted by Gasteiger charge is 2.04. The van der Waals surface area contributed by atoms with Gasteiger partial charge in [-0.05, 0) is 25.5 Å². The smallest absolute Gasteiger partial charge is 0.161 e. The molecular formula is C9H8N2O. The Morgan fingerprint density at radius 1 is 1.67 bits per heavy atom. The second kappa shape index (κ2) is 3.14. The van der Waals surface area contributed by atoms with Crippen molar-refractivity contribution in [3.8, 4) is 6.07 Å². The summed E-state index contributed by atoms with van der Waals surface area (Å²) in [6.45, 7) is 3.27. The molecule has 0 saturated heterocycles. The van der Waals surface area contributed by atoms with Gasteiger partial charge in [-0.2, -0.15) is 5.26 Å². The minimum Gasteiger partial charge on any atom is -0.294 e. The number of carbonyl (C=O) groups excluding carboxylic acids is 1. The summed E-state index contributed by atoms with van der Waals surface area (Å²) in [5.41, 5.74) is 1.72. The van der Waals surface area contributed by atoms with Gasteiger partial charge in [0.05, 0.1) is 0 Å². The minimum atomic E-state index is -0.0236. The van der Waals surface area contributed by atoms with Crippen LogP contribution in [0.2, 0.25) is 0 Å². The molecule has 0 atom stereocenters. The van der Waals surface area contributed by atoms with E-state index in [0.29, 0.717) is 11.3 Å². The first-order valence-corrected chi connectivity index (χ1v) is 3.53. The van der Waals surface area contributed by atoms with Crippen molar-refractivity contribution in [2.75, 3.05) is 0 Å². The van der Waals surface area contributed by atoms with Gasteiger partial charge in [-0.15, -0.1) is 0 Å². The van der Waals surface area contributed by atoms with E-state index in [2.05, 4.69) is 4.98 Å². The lowest BCUT2D eigenvalue weighted by Gasteiger charge is -1.99. The van der Waals surface area contributed by atoms with Crippen LogP contribution in [0, 0.1) is 18.3 Å². The molecule has 3 heteroatoms. The van der Waals surface area contributed by atoms with Gasteiger partial charge in [0.15, 0.2) is 5.78 Å². The van der Waals surface area contributed by atoms with Crippen LogP contribution in [0.1, 0.15) is 28.5 Å². The molecule has 0 aliphatic heterocycles. The highest BCUT2D eigenvalue weighted by atomic mass is 16.1. The Hall–Kier alpha value is -1.69. The van der Waals surface area contributed by atoms with Crippen molar-refractivity contribution < 1.29 is 4.79 Å². The van der Waals surface area contributed by atoms with Crippen LogP contribution in [-0.2, 0) is 0 Å². The van der Waals surface area contributed by atoms with E-state index < -0.39 is 0 Å². The summed E-state index contributed by atoms with van der Waals surface area (Å²) in [6, 6.07) is 3.52. The molecule has 3 nitrogen and oxygen atoms in total. The van der Waals surface area contributed by atoms with E-state index >= 15 is 0 Å². The van der Waals surface area contributed by atoms with E-state index in [1.54, 1.807) is 13.0 Å². The minimum absolute atomic E-state index is 0.0236. The third-order valence-corrected chi connectivity index (χ3v) is 1.60. The summed E-state index contributed by atoms with van der Waals surface area (Å²) in [6.07, 6.45) is 1.44. The quantitative estimate of drug-likeness (QED) is 0.584. The molecule has 0 unspecified atom stereocenters. The molecule has 0 spiro atoms. The number of nitrogens with zero attached hydrogens (tertiary/aromatic N) is 2. The van der Waals surface area contributed by atoms with Crippen molar-refractivity contribution in [3.05, 3.63) is 29.1 Å². The lowest BCUT2D eigenvalue weighted by molar-refractivity contribution is 0.101. The summed E-state index contributed by atoms with van der Waals surface area (Å²) < 4.78 is 0. The Labute approximate surface area is 70.7 Å². The SMILES string of the molecule is CC(=O)c1cnc(C#N)cc1C. The van der Waals surface area contributed by atoms with E-state index in [-0.39, 0.29) is 5.78 Å². The van der Waals surface area contributed by atoms with E-state index in [4.69, 9.17) is 5.26 Å². The second-order valence-electron chi connectivity index (χ2n) is 2.55. The van der Waals surface area contributed by atoms with Crippen molar-refractivity contribution >= 4 is 5.78 Å². The lowest BCUT2D eigenvalue weighted by atomic mass is 10.1. The van der Waals surface area contributed by atoms with Crippen molar-refractivity contribution in [3.63, 3.8) is 0 Å². The van der Waals surface area contributed by atoms with Crippen LogP contribution in [-0.4, -0.2) is 10.8 Å². The van der Waals surface area contributed by atoms with Crippen LogP contribution < -0.4 is 0 Å². The number of ketones is 1. The number of hydrogen-bond acceptors (Lipinski definition) is 3. The van der Waals surface area contributed by atoms with Crippen molar-refractivity contribution in [2.45, 2.75) is 13.8 Å². The summed E-state index contributed by atoms with van der Waals surface area (Å²) in [4.78, 5) is 14.7. The number of carbonyl (C=O) groups is 1. The van der Waals surface area contributed by atoms with Crippen molar-refractivity contribution in [1.29, 1.82) is 5.26 Å². The van der Waals surface area contributed by atoms with Crippen LogP contribution >= 0.6 is 0 Å². The fourth-order valence-electron chi connectivity index (χ4n) is 0.986.